The van der Waals surface area contributed by atoms with E-state index >= 15 is 0 Å². The van der Waals surface area contributed by atoms with Crippen molar-refractivity contribution in [2.75, 3.05) is 7.11 Å². The van der Waals surface area contributed by atoms with Gasteiger partial charge in [0.15, 0.2) is 0 Å². The Morgan fingerprint density at radius 3 is 2.91 bits per heavy atom. The van der Waals surface area contributed by atoms with Gasteiger partial charge in [-0.1, -0.05) is 18.1 Å². The minimum Gasteiger partial charge on any atom is -0.501 e. The summed E-state index contributed by atoms with van der Waals surface area (Å²) in [6.45, 7) is 2.39. The van der Waals surface area contributed by atoms with Crippen molar-refractivity contribution in [3.8, 4) is 12.3 Å². The van der Waals surface area contributed by atoms with Crippen molar-refractivity contribution >= 4 is 0 Å². The van der Waals surface area contributed by atoms with Gasteiger partial charge < -0.3 is 4.74 Å². The normalized spacial score (nSPS) is 42.2. The molecule has 0 N–H and O–H groups in total. The third kappa shape index (κ3) is 2.14. The van der Waals surface area contributed by atoms with Gasteiger partial charge in [0.25, 0.3) is 0 Å². The van der Waals surface area contributed by atoms with E-state index in [0.29, 0.717) is 11.3 Å². The van der Waals surface area contributed by atoms with E-state index in [9.17, 15) is 0 Å². The molecule has 2 saturated carbocycles. The molecule has 5 atom stereocenters. The SMILES string of the molecule is C#C[C@@H]1CC[C@H]2[C@@H]3CCC4=C(CC=C(OC)C4)[C@H]3CCC12CC. The summed E-state index contributed by atoms with van der Waals surface area (Å²) < 4.78 is 5.51. The first-order valence-electron chi connectivity index (χ1n) is 9.63. The second-order valence-electron chi connectivity index (χ2n) is 8.22. The summed E-state index contributed by atoms with van der Waals surface area (Å²) in [6, 6.07) is 0. The van der Waals surface area contributed by atoms with Crippen LogP contribution in [0.3, 0.4) is 0 Å². The van der Waals surface area contributed by atoms with Crippen molar-refractivity contribution in [1.82, 2.24) is 0 Å². The third-order valence-corrected chi connectivity index (χ3v) is 7.89. The van der Waals surface area contributed by atoms with Gasteiger partial charge in [-0.2, -0.15) is 0 Å². The molecule has 1 heteroatoms. The van der Waals surface area contributed by atoms with Crippen LogP contribution < -0.4 is 0 Å². The number of ether oxygens (including phenoxy) is 1. The van der Waals surface area contributed by atoms with E-state index < -0.39 is 0 Å². The topological polar surface area (TPSA) is 9.23 Å². The van der Waals surface area contributed by atoms with Crippen molar-refractivity contribution < 1.29 is 4.74 Å². The van der Waals surface area contributed by atoms with Crippen LogP contribution >= 0.6 is 0 Å². The standard InChI is InChI=1S/C22H30O/c1-4-16-7-11-21-20-9-6-15-14-17(23-3)8-10-18(15)19(20)12-13-22(16,21)5-2/h1,8,16,19-21H,5-7,9-14H2,2-3H3/t16-,19-,20-,21+,22?/m1/s1. The first-order valence-corrected chi connectivity index (χ1v) is 9.63. The number of methoxy groups -OCH3 is 1. The molecule has 4 rings (SSSR count). The molecule has 0 aromatic carbocycles. The molecule has 0 aromatic heterocycles. The minimum atomic E-state index is 0.468. The first kappa shape index (κ1) is 15.4. The second kappa shape index (κ2) is 5.73. The van der Waals surface area contributed by atoms with Crippen LogP contribution in [0.2, 0.25) is 0 Å². The van der Waals surface area contributed by atoms with Gasteiger partial charge in [0.05, 0.1) is 12.9 Å². The lowest BCUT2D eigenvalue weighted by Gasteiger charge is -2.52. The van der Waals surface area contributed by atoms with Gasteiger partial charge in [0.1, 0.15) is 0 Å². The Labute approximate surface area is 141 Å². The van der Waals surface area contributed by atoms with Gasteiger partial charge in [0.2, 0.25) is 0 Å². The molecule has 0 aromatic rings. The summed E-state index contributed by atoms with van der Waals surface area (Å²) in [5, 5.41) is 0. The predicted octanol–water partition coefficient (Wildman–Crippen LogP) is 5.48. The van der Waals surface area contributed by atoms with Gasteiger partial charge in [0, 0.05) is 12.3 Å². The van der Waals surface area contributed by atoms with Crippen LogP contribution in [0, 0.1) is 41.4 Å². The van der Waals surface area contributed by atoms with Crippen molar-refractivity contribution in [1.29, 1.82) is 0 Å². The quantitative estimate of drug-likeness (QED) is 0.484. The maximum absolute atomic E-state index is 5.93. The Morgan fingerprint density at radius 1 is 1.30 bits per heavy atom. The Balaban J connectivity index is 1.62. The van der Waals surface area contributed by atoms with Crippen LogP contribution in [0.25, 0.3) is 0 Å². The van der Waals surface area contributed by atoms with E-state index in [1.54, 1.807) is 11.1 Å². The van der Waals surface area contributed by atoms with Crippen LogP contribution in [-0.2, 0) is 4.74 Å². The maximum atomic E-state index is 5.93. The molecule has 0 heterocycles. The van der Waals surface area contributed by atoms with E-state index in [0.717, 1.165) is 30.6 Å². The molecule has 124 valence electrons. The van der Waals surface area contributed by atoms with Crippen molar-refractivity contribution in [2.24, 2.45) is 29.1 Å². The second-order valence-corrected chi connectivity index (χ2v) is 8.22. The molecule has 0 spiro atoms. The predicted molar refractivity (Wildman–Crippen MR) is 94.6 cm³/mol. The van der Waals surface area contributed by atoms with Crippen LogP contribution in [0.4, 0.5) is 0 Å². The van der Waals surface area contributed by atoms with Gasteiger partial charge in [-0.15, -0.1) is 12.3 Å². The van der Waals surface area contributed by atoms with E-state index in [1.165, 1.54) is 50.7 Å². The number of hydrogen-bond acceptors (Lipinski definition) is 1. The zero-order valence-corrected chi connectivity index (χ0v) is 14.7. The summed E-state index contributed by atoms with van der Waals surface area (Å²) in [7, 11) is 1.82. The van der Waals surface area contributed by atoms with E-state index in [2.05, 4.69) is 18.9 Å². The highest BCUT2D eigenvalue weighted by molar-refractivity contribution is 5.33. The fourth-order valence-electron chi connectivity index (χ4n) is 6.79. The fraction of sp³-hybridized carbons (Fsp3) is 0.727. The van der Waals surface area contributed by atoms with Crippen LogP contribution in [0.5, 0.6) is 0 Å². The molecule has 0 amide bonds. The van der Waals surface area contributed by atoms with Crippen LogP contribution in [0.15, 0.2) is 23.0 Å². The highest BCUT2D eigenvalue weighted by Gasteiger charge is 2.56. The zero-order chi connectivity index (χ0) is 16.0. The summed E-state index contributed by atoms with van der Waals surface area (Å²) >= 11 is 0. The maximum Gasteiger partial charge on any atom is 0.0959 e. The van der Waals surface area contributed by atoms with Gasteiger partial charge in [-0.05, 0) is 80.6 Å². The van der Waals surface area contributed by atoms with Crippen molar-refractivity contribution in [3.63, 3.8) is 0 Å². The molecule has 0 saturated heterocycles. The van der Waals surface area contributed by atoms with Crippen LogP contribution in [-0.4, -0.2) is 7.11 Å². The van der Waals surface area contributed by atoms with E-state index in [1.807, 2.05) is 7.11 Å². The highest BCUT2D eigenvalue weighted by atomic mass is 16.5. The lowest BCUT2D eigenvalue weighted by Crippen LogP contribution is -2.44. The fourth-order valence-corrected chi connectivity index (χ4v) is 6.79. The average molecular weight is 310 g/mol. The summed E-state index contributed by atoms with van der Waals surface area (Å²) in [6.07, 6.45) is 19.9. The summed E-state index contributed by atoms with van der Waals surface area (Å²) in [5.41, 5.74) is 3.97. The highest BCUT2D eigenvalue weighted by Crippen LogP contribution is 2.64. The molecule has 0 radical (unpaired) electrons. The largest absolute Gasteiger partial charge is 0.501 e. The Kier molecular flexibility index (Phi) is 3.83. The molecule has 2 fully saturated rings. The number of rotatable bonds is 2. The smallest absolute Gasteiger partial charge is 0.0959 e. The Bertz CT molecular complexity index is 590. The number of allylic oxidation sites excluding steroid dienone is 3. The van der Waals surface area contributed by atoms with Crippen molar-refractivity contribution in [2.45, 2.75) is 64.7 Å². The molecule has 1 nitrogen and oxygen atoms in total. The molecule has 0 aliphatic heterocycles. The van der Waals surface area contributed by atoms with E-state index in [-0.39, 0.29) is 0 Å². The average Bonchev–Trinajstić information content (AvgIpc) is 2.99. The molecule has 0 bridgehead atoms. The monoisotopic (exact) mass is 310 g/mol. The van der Waals surface area contributed by atoms with Crippen molar-refractivity contribution in [3.05, 3.63) is 23.0 Å². The number of hydrogen-bond donors (Lipinski definition) is 0. The molecular weight excluding hydrogens is 280 g/mol. The first-order chi connectivity index (χ1) is 11.2. The molecule has 23 heavy (non-hydrogen) atoms. The third-order valence-electron chi connectivity index (χ3n) is 7.89. The minimum absolute atomic E-state index is 0.468. The van der Waals surface area contributed by atoms with Gasteiger partial charge in [-0.25, -0.2) is 0 Å². The Hall–Kier alpha value is -1.16. The summed E-state index contributed by atoms with van der Waals surface area (Å²) in [5.74, 6) is 7.54. The molecular formula is C22H30O. The number of fused-ring (bicyclic) bond motifs is 4. The van der Waals surface area contributed by atoms with E-state index in [4.69, 9.17) is 11.2 Å². The summed E-state index contributed by atoms with van der Waals surface area (Å²) in [4.78, 5) is 0. The van der Waals surface area contributed by atoms with Gasteiger partial charge in [-0.3, -0.25) is 0 Å². The molecule has 4 aliphatic carbocycles. The van der Waals surface area contributed by atoms with Crippen LogP contribution in [0.1, 0.15) is 64.7 Å². The van der Waals surface area contributed by atoms with Gasteiger partial charge >= 0.3 is 0 Å². The molecule has 1 unspecified atom stereocenters. The molecule has 4 aliphatic rings. The number of terminal acetylenes is 1. The lowest BCUT2D eigenvalue weighted by atomic mass is 9.52. The lowest BCUT2D eigenvalue weighted by molar-refractivity contribution is 0.00925. The Morgan fingerprint density at radius 2 is 2.17 bits per heavy atom. The zero-order valence-electron chi connectivity index (χ0n) is 14.7.